The Labute approximate surface area is 95.2 Å². The molecule has 0 fully saturated rings. The molecular formula is C12H17NO3. The molecule has 0 saturated heterocycles. The first-order chi connectivity index (χ1) is 7.59. The van der Waals surface area contributed by atoms with Crippen LogP contribution in [0, 0.1) is 0 Å². The molecule has 2 unspecified atom stereocenters. The van der Waals surface area contributed by atoms with E-state index < -0.39 is 12.2 Å². The van der Waals surface area contributed by atoms with Gasteiger partial charge in [0.25, 0.3) is 5.91 Å². The maximum Gasteiger partial charge on any atom is 0.260 e. The van der Waals surface area contributed by atoms with Crippen molar-refractivity contribution in [1.82, 2.24) is 5.32 Å². The van der Waals surface area contributed by atoms with Crippen molar-refractivity contribution in [2.45, 2.75) is 26.1 Å². The molecule has 16 heavy (non-hydrogen) atoms. The number of carbonyl (C=O) groups excluding carboxylic acids is 1. The third-order valence-electron chi connectivity index (χ3n) is 2.00. The van der Waals surface area contributed by atoms with Crippen molar-refractivity contribution in [3.63, 3.8) is 0 Å². The Morgan fingerprint density at radius 2 is 2.00 bits per heavy atom. The molecule has 0 aliphatic rings. The lowest BCUT2D eigenvalue weighted by atomic mass is 10.3. The zero-order valence-electron chi connectivity index (χ0n) is 9.51. The summed E-state index contributed by atoms with van der Waals surface area (Å²) in [5.41, 5.74) is 0. The maximum absolute atomic E-state index is 11.5. The normalized spacial score (nSPS) is 13.9. The van der Waals surface area contributed by atoms with Crippen LogP contribution < -0.4 is 10.1 Å². The van der Waals surface area contributed by atoms with E-state index >= 15 is 0 Å². The molecule has 0 aromatic heterocycles. The van der Waals surface area contributed by atoms with Gasteiger partial charge in [0.15, 0.2) is 6.10 Å². The van der Waals surface area contributed by atoms with Crippen LogP contribution in [-0.4, -0.2) is 29.8 Å². The lowest BCUT2D eigenvalue weighted by Crippen LogP contribution is -2.39. The number of ether oxygens (including phenoxy) is 1. The average Bonchev–Trinajstić information content (AvgIpc) is 2.27. The van der Waals surface area contributed by atoms with E-state index in [1.165, 1.54) is 0 Å². The molecule has 1 aromatic rings. The molecular weight excluding hydrogens is 206 g/mol. The highest BCUT2D eigenvalue weighted by Crippen LogP contribution is 2.10. The Bertz CT molecular complexity index is 324. The number of nitrogens with one attached hydrogen (secondary N) is 1. The van der Waals surface area contributed by atoms with Crippen LogP contribution in [0.4, 0.5) is 0 Å². The van der Waals surface area contributed by atoms with Crippen molar-refractivity contribution in [3.8, 4) is 5.75 Å². The van der Waals surface area contributed by atoms with Crippen LogP contribution in [0.3, 0.4) is 0 Å². The van der Waals surface area contributed by atoms with Gasteiger partial charge in [0.05, 0.1) is 6.10 Å². The fourth-order valence-electron chi connectivity index (χ4n) is 1.15. The predicted octanol–water partition coefficient (Wildman–Crippen LogP) is 0.951. The molecule has 0 saturated carbocycles. The minimum absolute atomic E-state index is 0.232. The van der Waals surface area contributed by atoms with Gasteiger partial charge in [0, 0.05) is 6.54 Å². The SMILES string of the molecule is CC(O)CNC(=O)C(C)Oc1ccccc1. The van der Waals surface area contributed by atoms with Gasteiger partial charge in [-0.15, -0.1) is 0 Å². The summed E-state index contributed by atoms with van der Waals surface area (Å²) < 4.78 is 5.41. The summed E-state index contributed by atoms with van der Waals surface area (Å²) in [4.78, 5) is 11.5. The van der Waals surface area contributed by atoms with Crippen molar-refractivity contribution in [2.24, 2.45) is 0 Å². The summed E-state index contributed by atoms with van der Waals surface area (Å²) >= 11 is 0. The van der Waals surface area contributed by atoms with Crippen LogP contribution in [0.2, 0.25) is 0 Å². The molecule has 0 spiro atoms. The summed E-state index contributed by atoms with van der Waals surface area (Å²) in [6.07, 6.45) is -1.12. The number of aliphatic hydroxyl groups is 1. The van der Waals surface area contributed by atoms with E-state index in [0.717, 1.165) is 0 Å². The molecule has 1 amide bonds. The first kappa shape index (κ1) is 12.5. The van der Waals surface area contributed by atoms with Crippen LogP contribution in [-0.2, 0) is 4.79 Å². The van der Waals surface area contributed by atoms with E-state index in [9.17, 15) is 4.79 Å². The molecule has 0 aliphatic carbocycles. The van der Waals surface area contributed by atoms with Gasteiger partial charge >= 0.3 is 0 Å². The molecule has 0 bridgehead atoms. The summed E-state index contributed by atoms with van der Waals surface area (Å²) in [6.45, 7) is 3.52. The fraction of sp³-hybridized carbons (Fsp3) is 0.417. The lowest BCUT2D eigenvalue weighted by molar-refractivity contribution is -0.127. The number of rotatable bonds is 5. The maximum atomic E-state index is 11.5. The largest absolute Gasteiger partial charge is 0.481 e. The zero-order chi connectivity index (χ0) is 12.0. The Morgan fingerprint density at radius 3 is 2.56 bits per heavy atom. The smallest absolute Gasteiger partial charge is 0.260 e. The van der Waals surface area contributed by atoms with Crippen LogP contribution in [0.1, 0.15) is 13.8 Å². The van der Waals surface area contributed by atoms with Crippen molar-refractivity contribution in [3.05, 3.63) is 30.3 Å². The molecule has 1 aromatic carbocycles. The highest BCUT2D eigenvalue weighted by atomic mass is 16.5. The average molecular weight is 223 g/mol. The number of hydrogen-bond donors (Lipinski definition) is 2. The van der Waals surface area contributed by atoms with E-state index in [4.69, 9.17) is 9.84 Å². The van der Waals surface area contributed by atoms with E-state index in [2.05, 4.69) is 5.32 Å². The van der Waals surface area contributed by atoms with Crippen LogP contribution in [0.5, 0.6) is 5.75 Å². The topological polar surface area (TPSA) is 58.6 Å². The van der Waals surface area contributed by atoms with Gasteiger partial charge in [-0.25, -0.2) is 0 Å². The third-order valence-corrected chi connectivity index (χ3v) is 2.00. The summed E-state index contributed by atoms with van der Waals surface area (Å²) in [6, 6.07) is 9.15. The summed E-state index contributed by atoms with van der Waals surface area (Å²) in [5, 5.41) is 11.6. The van der Waals surface area contributed by atoms with E-state index in [0.29, 0.717) is 5.75 Å². The third kappa shape index (κ3) is 4.31. The minimum atomic E-state index is -0.568. The predicted molar refractivity (Wildman–Crippen MR) is 61.2 cm³/mol. The molecule has 2 atom stereocenters. The second-order valence-electron chi connectivity index (χ2n) is 3.67. The van der Waals surface area contributed by atoms with Crippen molar-refractivity contribution in [1.29, 1.82) is 0 Å². The van der Waals surface area contributed by atoms with Gasteiger partial charge in [-0.2, -0.15) is 0 Å². The van der Waals surface area contributed by atoms with Gasteiger partial charge in [0.1, 0.15) is 5.75 Å². The minimum Gasteiger partial charge on any atom is -0.481 e. The number of benzene rings is 1. The van der Waals surface area contributed by atoms with E-state index in [1.807, 2.05) is 18.2 Å². The monoisotopic (exact) mass is 223 g/mol. The lowest BCUT2D eigenvalue weighted by Gasteiger charge is -2.15. The second kappa shape index (κ2) is 6.12. The first-order valence-corrected chi connectivity index (χ1v) is 5.27. The van der Waals surface area contributed by atoms with Crippen LogP contribution in [0.25, 0.3) is 0 Å². The fourth-order valence-corrected chi connectivity index (χ4v) is 1.15. The molecule has 2 N–H and O–H groups in total. The quantitative estimate of drug-likeness (QED) is 0.781. The Hall–Kier alpha value is -1.55. The van der Waals surface area contributed by atoms with E-state index in [1.54, 1.807) is 26.0 Å². The zero-order valence-corrected chi connectivity index (χ0v) is 9.51. The molecule has 1 rings (SSSR count). The Kier molecular flexibility index (Phi) is 4.79. The highest BCUT2D eigenvalue weighted by Gasteiger charge is 2.14. The molecule has 0 aliphatic heterocycles. The second-order valence-corrected chi connectivity index (χ2v) is 3.67. The van der Waals surface area contributed by atoms with Crippen molar-refractivity contribution >= 4 is 5.91 Å². The number of amides is 1. The Balaban J connectivity index is 2.40. The number of para-hydroxylation sites is 1. The van der Waals surface area contributed by atoms with Crippen LogP contribution in [0.15, 0.2) is 30.3 Å². The Morgan fingerprint density at radius 1 is 1.38 bits per heavy atom. The molecule has 88 valence electrons. The summed E-state index contributed by atoms with van der Waals surface area (Å²) in [7, 11) is 0. The summed E-state index contributed by atoms with van der Waals surface area (Å²) in [5.74, 6) is 0.423. The number of aliphatic hydroxyl groups excluding tert-OH is 1. The molecule has 0 heterocycles. The van der Waals surface area contributed by atoms with Gasteiger partial charge in [-0.05, 0) is 26.0 Å². The molecule has 4 heteroatoms. The van der Waals surface area contributed by atoms with Crippen molar-refractivity contribution in [2.75, 3.05) is 6.54 Å². The van der Waals surface area contributed by atoms with E-state index in [-0.39, 0.29) is 12.5 Å². The standard InChI is InChI=1S/C12H17NO3/c1-9(14)8-13-12(15)10(2)16-11-6-4-3-5-7-11/h3-7,9-10,14H,8H2,1-2H3,(H,13,15). The highest BCUT2D eigenvalue weighted by molar-refractivity contribution is 5.80. The first-order valence-electron chi connectivity index (χ1n) is 5.27. The van der Waals surface area contributed by atoms with Gasteiger partial charge < -0.3 is 15.2 Å². The van der Waals surface area contributed by atoms with Crippen molar-refractivity contribution < 1.29 is 14.6 Å². The van der Waals surface area contributed by atoms with Gasteiger partial charge in [0.2, 0.25) is 0 Å². The number of carbonyl (C=O) groups is 1. The number of hydrogen-bond acceptors (Lipinski definition) is 3. The van der Waals surface area contributed by atoms with Gasteiger partial charge in [-0.3, -0.25) is 4.79 Å². The molecule has 4 nitrogen and oxygen atoms in total. The van der Waals surface area contributed by atoms with Crippen LogP contribution >= 0.6 is 0 Å². The molecule has 0 radical (unpaired) electrons. The van der Waals surface area contributed by atoms with Gasteiger partial charge in [-0.1, -0.05) is 18.2 Å².